The van der Waals surface area contributed by atoms with Gasteiger partial charge in [0.05, 0.1) is 6.61 Å². The number of carbonyl (C=O) groups excluding carboxylic acids is 1. The van der Waals surface area contributed by atoms with Crippen molar-refractivity contribution in [1.82, 2.24) is 0 Å². The highest BCUT2D eigenvalue weighted by molar-refractivity contribution is 5.77. The van der Waals surface area contributed by atoms with Gasteiger partial charge in [-0.3, -0.25) is 4.79 Å². The van der Waals surface area contributed by atoms with Gasteiger partial charge in [-0.05, 0) is 31.0 Å². The molecule has 0 N–H and O–H groups in total. The molecule has 0 atom stereocenters. The van der Waals surface area contributed by atoms with Crippen LogP contribution in [0.3, 0.4) is 0 Å². The van der Waals surface area contributed by atoms with Gasteiger partial charge in [-0.15, -0.1) is 0 Å². The highest BCUT2D eigenvalue weighted by atomic mass is 19.1. The molecule has 0 amide bonds. The summed E-state index contributed by atoms with van der Waals surface area (Å²) in [5.74, 6) is -0.382. The van der Waals surface area contributed by atoms with Crippen molar-refractivity contribution >= 4 is 12.0 Å². The van der Waals surface area contributed by atoms with E-state index in [0.29, 0.717) is 31.0 Å². The summed E-state index contributed by atoms with van der Waals surface area (Å²) in [4.78, 5) is 13.0. The second kappa shape index (κ2) is 7.89. The maximum Gasteiger partial charge on any atom is 0.150 e. The van der Waals surface area contributed by atoms with Crippen molar-refractivity contribution in [3.05, 3.63) is 29.6 Å². The number of aldehydes is 1. The SMILES string of the molecule is CCC(CC)N(CCOC)c1cc(F)cc(C=O)c1. The number of hydrogen-bond acceptors (Lipinski definition) is 3. The molecular weight excluding hydrogens is 245 g/mol. The van der Waals surface area contributed by atoms with Crippen LogP contribution in [0.5, 0.6) is 0 Å². The van der Waals surface area contributed by atoms with Crippen LogP contribution in [0.4, 0.5) is 10.1 Å². The minimum atomic E-state index is -0.382. The first kappa shape index (κ1) is 15.6. The molecule has 0 saturated heterocycles. The molecule has 0 aliphatic heterocycles. The van der Waals surface area contributed by atoms with Crippen LogP contribution < -0.4 is 4.90 Å². The minimum Gasteiger partial charge on any atom is -0.383 e. The molecule has 0 unspecified atom stereocenters. The van der Waals surface area contributed by atoms with Crippen molar-refractivity contribution < 1.29 is 13.9 Å². The molecule has 0 saturated carbocycles. The van der Waals surface area contributed by atoms with E-state index in [4.69, 9.17) is 4.74 Å². The average molecular weight is 267 g/mol. The zero-order valence-corrected chi connectivity index (χ0v) is 11.9. The molecule has 1 rings (SSSR count). The summed E-state index contributed by atoms with van der Waals surface area (Å²) in [5, 5.41) is 0. The second-order valence-corrected chi connectivity index (χ2v) is 4.52. The number of methoxy groups -OCH3 is 1. The number of benzene rings is 1. The van der Waals surface area contributed by atoms with Crippen LogP contribution in [0.1, 0.15) is 37.0 Å². The summed E-state index contributed by atoms with van der Waals surface area (Å²) in [5.41, 5.74) is 1.11. The van der Waals surface area contributed by atoms with Crippen molar-refractivity contribution in [1.29, 1.82) is 0 Å². The molecule has 19 heavy (non-hydrogen) atoms. The molecule has 0 aliphatic carbocycles. The maximum atomic E-state index is 13.6. The number of carbonyl (C=O) groups is 1. The predicted octanol–water partition coefficient (Wildman–Crippen LogP) is 3.28. The van der Waals surface area contributed by atoms with Gasteiger partial charge in [-0.25, -0.2) is 4.39 Å². The minimum absolute atomic E-state index is 0.316. The van der Waals surface area contributed by atoms with Crippen LogP contribution in [0.2, 0.25) is 0 Å². The standard InChI is InChI=1S/C15H22FNO2/c1-4-14(5-2)17(6-7-19-3)15-9-12(11-18)8-13(16)10-15/h8-11,14H,4-7H2,1-3H3. The predicted molar refractivity (Wildman–Crippen MR) is 75.4 cm³/mol. The Bertz CT molecular complexity index is 405. The van der Waals surface area contributed by atoms with Crippen molar-refractivity contribution in [2.75, 3.05) is 25.2 Å². The normalized spacial score (nSPS) is 10.8. The molecule has 0 radical (unpaired) electrons. The quantitative estimate of drug-likeness (QED) is 0.677. The van der Waals surface area contributed by atoms with Crippen molar-refractivity contribution in [2.45, 2.75) is 32.7 Å². The fourth-order valence-corrected chi connectivity index (χ4v) is 2.27. The lowest BCUT2D eigenvalue weighted by molar-refractivity contribution is 0.112. The van der Waals surface area contributed by atoms with Crippen LogP contribution in [0, 0.1) is 5.82 Å². The first-order valence-electron chi connectivity index (χ1n) is 6.67. The van der Waals surface area contributed by atoms with E-state index in [9.17, 15) is 9.18 Å². The Kier molecular flexibility index (Phi) is 6.50. The first-order valence-corrected chi connectivity index (χ1v) is 6.67. The molecule has 1 aromatic carbocycles. The maximum absolute atomic E-state index is 13.6. The Labute approximate surface area is 114 Å². The Balaban J connectivity index is 3.07. The molecule has 0 fully saturated rings. The Morgan fingerprint density at radius 2 is 2.00 bits per heavy atom. The molecule has 0 bridgehead atoms. The summed E-state index contributed by atoms with van der Waals surface area (Å²) in [6.07, 6.45) is 2.61. The number of anilines is 1. The number of rotatable bonds is 8. The van der Waals surface area contributed by atoms with E-state index in [-0.39, 0.29) is 5.82 Å². The second-order valence-electron chi connectivity index (χ2n) is 4.52. The van der Waals surface area contributed by atoms with Gasteiger partial charge in [0.15, 0.2) is 0 Å². The van der Waals surface area contributed by atoms with Crippen molar-refractivity contribution in [3.63, 3.8) is 0 Å². The largest absolute Gasteiger partial charge is 0.383 e. The molecule has 3 nitrogen and oxygen atoms in total. The number of nitrogens with zero attached hydrogens (tertiary/aromatic N) is 1. The lowest BCUT2D eigenvalue weighted by Gasteiger charge is -2.32. The lowest BCUT2D eigenvalue weighted by Crippen LogP contribution is -2.37. The van der Waals surface area contributed by atoms with Crippen LogP contribution in [-0.4, -0.2) is 32.6 Å². The number of halogens is 1. The van der Waals surface area contributed by atoms with E-state index in [0.717, 1.165) is 18.5 Å². The van der Waals surface area contributed by atoms with Gasteiger partial charge in [0.25, 0.3) is 0 Å². The summed E-state index contributed by atoms with van der Waals surface area (Å²) < 4.78 is 18.7. The molecular formula is C15H22FNO2. The Morgan fingerprint density at radius 1 is 1.32 bits per heavy atom. The van der Waals surface area contributed by atoms with Crippen LogP contribution in [-0.2, 0) is 4.74 Å². The Hall–Kier alpha value is -1.42. The van der Waals surface area contributed by atoms with Gasteiger partial charge in [-0.2, -0.15) is 0 Å². The number of hydrogen-bond donors (Lipinski definition) is 0. The fraction of sp³-hybridized carbons (Fsp3) is 0.533. The van der Waals surface area contributed by atoms with E-state index in [1.807, 2.05) is 0 Å². The third-order valence-electron chi connectivity index (χ3n) is 3.29. The molecule has 106 valence electrons. The topological polar surface area (TPSA) is 29.5 Å². The van der Waals surface area contributed by atoms with Gasteiger partial charge in [-0.1, -0.05) is 13.8 Å². The van der Waals surface area contributed by atoms with Crippen molar-refractivity contribution in [2.24, 2.45) is 0 Å². The van der Waals surface area contributed by atoms with Gasteiger partial charge < -0.3 is 9.64 Å². The van der Waals surface area contributed by atoms with E-state index in [1.165, 1.54) is 12.1 Å². The zero-order chi connectivity index (χ0) is 14.3. The third-order valence-corrected chi connectivity index (χ3v) is 3.29. The summed E-state index contributed by atoms with van der Waals surface area (Å²) >= 11 is 0. The zero-order valence-electron chi connectivity index (χ0n) is 11.9. The van der Waals surface area contributed by atoms with Crippen molar-refractivity contribution in [3.8, 4) is 0 Å². The van der Waals surface area contributed by atoms with Gasteiger partial charge in [0, 0.05) is 30.9 Å². The van der Waals surface area contributed by atoms with Gasteiger partial charge >= 0.3 is 0 Å². The molecule has 0 spiro atoms. The lowest BCUT2D eigenvalue weighted by atomic mass is 10.1. The first-order chi connectivity index (χ1) is 9.15. The number of ether oxygens (including phenoxy) is 1. The average Bonchev–Trinajstić information content (AvgIpc) is 2.42. The summed E-state index contributed by atoms with van der Waals surface area (Å²) in [7, 11) is 1.65. The third kappa shape index (κ3) is 4.31. The summed E-state index contributed by atoms with van der Waals surface area (Å²) in [6.45, 7) is 5.47. The molecule has 0 aromatic heterocycles. The van der Waals surface area contributed by atoms with E-state index in [1.54, 1.807) is 13.2 Å². The smallest absolute Gasteiger partial charge is 0.150 e. The molecule has 1 aromatic rings. The molecule has 0 aliphatic rings. The van der Waals surface area contributed by atoms with Crippen LogP contribution >= 0.6 is 0 Å². The van der Waals surface area contributed by atoms with Gasteiger partial charge in [0.1, 0.15) is 12.1 Å². The Morgan fingerprint density at radius 3 is 2.53 bits per heavy atom. The van der Waals surface area contributed by atoms with E-state index < -0.39 is 0 Å². The van der Waals surface area contributed by atoms with E-state index in [2.05, 4.69) is 18.7 Å². The monoisotopic (exact) mass is 267 g/mol. The fourth-order valence-electron chi connectivity index (χ4n) is 2.27. The summed E-state index contributed by atoms with van der Waals surface area (Å²) in [6, 6.07) is 4.76. The van der Waals surface area contributed by atoms with Crippen LogP contribution in [0.15, 0.2) is 18.2 Å². The van der Waals surface area contributed by atoms with Gasteiger partial charge in [0.2, 0.25) is 0 Å². The van der Waals surface area contributed by atoms with E-state index >= 15 is 0 Å². The molecule has 0 heterocycles. The highest BCUT2D eigenvalue weighted by Crippen LogP contribution is 2.22. The highest BCUT2D eigenvalue weighted by Gasteiger charge is 2.16. The molecule has 4 heteroatoms. The van der Waals surface area contributed by atoms with Crippen LogP contribution in [0.25, 0.3) is 0 Å².